The summed E-state index contributed by atoms with van der Waals surface area (Å²) in [6.07, 6.45) is 7.99. The molecule has 0 aliphatic heterocycles. The SMILES string of the molecule is COC(=O)C1CC=C(OS(C)(=O)=O)CC1.COC(=O)C1CC=C(c2cc(OC)ccc2F)CC1.COc1ccc(F)c(B(O)O)c1. The summed E-state index contributed by atoms with van der Waals surface area (Å²) in [7, 11) is 0.450. The summed E-state index contributed by atoms with van der Waals surface area (Å²) in [4.78, 5) is 22.6. The fourth-order valence-electron chi connectivity index (χ4n) is 4.64. The van der Waals surface area contributed by atoms with Crippen LogP contribution < -0.4 is 14.9 Å². The van der Waals surface area contributed by atoms with E-state index < -0.39 is 23.1 Å². The molecule has 0 heterocycles. The molecule has 252 valence electrons. The molecule has 0 bridgehead atoms. The van der Waals surface area contributed by atoms with Crippen LogP contribution >= 0.6 is 0 Å². The number of carbonyl (C=O) groups excluding carboxylic acids is 2. The molecule has 2 aromatic carbocycles. The molecule has 0 saturated heterocycles. The van der Waals surface area contributed by atoms with E-state index in [9.17, 15) is 26.8 Å². The largest absolute Gasteiger partial charge is 0.497 e. The van der Waals surface area contributed by atoms with Gasteiger partial charge in [0.05, 0.1) is 46.5 Å². The second kappa shape index (κ2) is 18.3. The minimum absolute atomic E-state index is 0.109. The first-order valence-corrected chi connectivity index (χ1v) is 16.0. The Morgan fingerprint density at radius 3 is 1.76 bits per heavy atom. The Morgan fingerprint density at radius 2 is 1.33 bits per heavy atom. The molecule has 0 amide bonds. The number of carbonyl (C=O) groups is 2. The van der Waals surface area contributed by atoms with Gasteiger partial charge in [-0.3, -0.25) is 9.59 Å². The molecule has 11 nitrogen and oxygen atoms in total. The van der Waals surface area contributed by atoms with Gasteiger partial charge in [-0.05, 0) is 80.2 Å². The van der Waals surface area contributed by atoms with E-state index in [1.54, 1.807) is 25.3 Å². The number of rotatable bonds is 8. The fraction of sp³-hybridized carbons (Fsp3) is 0.419. The van der Waals surface area contributed by atoms with Crippen molar-refractivity contribution in [3.8, 4) is 11.5 Å². The van der Waals surface area contributed by atoms with Crippen LogP contribution in [0.1, 0.15) is 44.1 Å². The zero-order chi connectivity index (χ0) is 34.4. The predicted molar refractivity (Wildman–Crippen MR) is 166 cm³/mol. The molecule has 2 aliphatic rings. The molecular weight excluding hydrogens is 629 g/mol. The smallest absolute Gasteiger partial charge is 0.491 e. The third-order valence-electron chi connectivity index (χ3n) is 7.11. The standard InChI is InChI=1S/C15H17FO3.C9H14O5S.C7H8BFO3/c1-18-12-7-8-14(16)13(9-12)10-3-5-11(6-4-10)15(17)19-2;1-13-9(10)7-3-5-8(6-4-7)14-15(2,11)12;1-12-5-2-3-7(9)6(4-5)8(10)11/h3,7-9,11H,4-6H2,1-2H3;5,7H,3-4,6H2,1-2H3;2-4,10-11H,1H3. The van der Waals surface area contributed by atoms with Crippen molar-refractivity contribution in [1.29, 1.82) is 0 Å². The molecule has 2 aliphatic carbocycles. The van der Waals surface area contributed by atoms with Gasteiger partial charge in [-0.15, -0.1) is 0 Å². The molecule has 0 saturated carbocycles. The van der Waals surface area contributed by atoms with E-state index in [-0.39, 0.29) is 35.1 Å². The van der Waals surface area contributed by atoms with Gasteiger partial charge in [0.15, 0.2) is 0 Å². The third kappa shape index (κ3) is 12.1. The lowest BCUT2D eigenvalue weighted by Crippen LogP contribution is -2.32. The lowest BCUT2D eigenvalue weighted by molar-refractivity contribution is -0.146. The maximum absolute atomic E-state index is 13.8. The quantitative estimate of drug-likeness (QED) is 0.241. The number of methoxy groups -OCH3 is 4. The summed E-state index contributed by atoms with van der Waals surface area (Å²) in [6, 6.07) is 8.45. The van der Waals surface area contributed by atoms with Crippen molar-refractivity contribution in [2.75, 3.05) is 34.7 Å². The Labute approximate surface area is 268 Å². The number of allylic oxidation sites excluding steroid dienone is 4. The number of halogens is 2. The van der Waals surface area contributed by atoms with Crippen molar-refractivity contribution in [3.05, 3.63) is 71.5 Å². The van der Waals surface area contributed by atoms with Crippen molar-refractivity contribution in [2.24, 2.45) is 11.8 Å². The first-order chi connectivity index (χ1) is 21.7. The Balaban J connectivity index is 0.000000247. The maximum Gasteiger partial charge on any atom is 0.491 e. The van der Waals surface area contributed by atoms with E-state index >= 15 is 0 Å². The lowest BCUT2D eigenvalue weighted by Gasteiger charge is -2.20. The molecule has 2 N–H and O–H groups in total. The Hall–Kier alpha value is -3.95. The minimum Gasteiger partial charge on any atom is -0.497 e. The highest BCUT2D eigenvalue weighted by Crippen LogP contribution is 2.33. The molecule has 46 heavy (non-hydrogen) atoms. The van der Waals surface area contributed by atoms with Gasteiger partial charge in [-0.25, -0.2) is 8.78 Å². The summed E-state index contributed by atoms with van der Waals surface area (Å²) in [5, 5.41) is 17.4. The predicted octanol–water partition coefficient (Wildman–Crippen LogP) is 3.52. The second-order valence-electron chi connectivity index (χ2n) is 10.3. The van der Waals surface area contributed by atoms with Crippen LogP contribution in [0.25, 0.3) is 5.57 Å². The van der Waals surface area contributed by atoms with Crippen LogP contribution in [0.2, 0.25) is 0 Å². The normalized spacial score (nSPS) is 17.3. The fourth-order valence-corrected chi connectivity index (χ4v) is 5.18. The molecular formula is C31H39BF2O11S. The van der Waals surface area contributed by atoms with Crippen molar-refractivity contribution >= 4 is 40.2 Å². The third-order valence-corrected chi connectivity index (χ3v) is 7.63. The summed E-state index contributed by atoms with van der Waals surface area (Å²) in [5.74, 6) is -0.227. The number of benzene rings is 2. The van der Waals surface area contributed by atoms with Crippen LogP contribution in [-0.4, -0.2) is 72.2 Å². The van der Waals surface area contributed by atoms with Gasteiger partial charge in [0, 0.05) is 17.4 Å². The monoisotopic (exact) mass is 668 g/mol. The van der Waals surface area contributed by atoms with Crippen LogP contribution in [0, 0.1) is 23.5 Å². The second-order valence-corrected chi connectivity index (χ2v) is 11.9. The average molecular weight is 669 g/mol. The summed E-state index contributed by atoms with van der Waals surface area (Å²) in [5.41, 5.74) is 1.30. The molecule has 2 unspecified atom stereocenters. The van der Waals surface area contributed by atoms with Gasteiger partial charge < -0.3 is 33.2 Å². The van der Waals surface area contributed by atoms with Crippen LogP contribution in [0.5, 0.6) is 11.5 Å². The molecule has 2 aromatic rings. The molecule has 0 fully saturated rings. The Kier molecular flexibility index (Phi) is 15.2. The van der Waals surface area contributed by atoms with Crippen molar-refractivity contribution in [2.45, 2.75) is 38.5 Å². The van der Waals surface area contributed by atoms with Gasteiger partial charge in [-0.1, -0.05) is 6.08 Å². The molecule has 2 atom stereocenters. The molecule has 0 spiro atoms. The topological polar surface area (TPSA) is 155 Å². The van der Waals surface area contributed by atoms with Crippen LogP contribution in [0.4, 0.5) is 8.78 Å². The maximum atomic E-state index is 13.8. The van der Waals surface area contributed by atoms with E-state index in [0.717, 1.165) is 17.9 Å². The van der Waals surface area contributed by atoms with Crippen LogP contribution in [0.3, 0.4) is 0 Å². The van der Waals surface area contributed by atoms with Gasteiger partial charge in [-0.2, -0.15) is 8.42 Å². The van der Waals surface area contributed by atoms with Crippen molar-refractivity contribution in [3.63, 3.8) is 0 Å². The van der Waals surface area contributed by atoms with E-state index in [0.29, 0.717) is 61.3 Å². The van der Waals surface area contributed by atoms with Crippen LogP contribution in [0.15, 0.2) is 54.3 Å². The summed E-state index contributed by atoms with van der Waals surface area (Å²) >= 11 is 0. The average Bonchev–Trinajstić information content (AvgIpc) is 3.04. The summed E-state index contributed by atoms with van der Waals surface area (Å²) < 4.78 is 72.2. The first kappa shape index (κ1) is 38.2. The van der Waals surface area contributed by atoms with Gasteiger partial charge in [0.25, 0.3) is 0 Å². The number of esters is 2. The van der Waals surface area contributed by atoms with Crippen molar-refractivity contribution in [1.82, 2.24) is 0 Å². The highest BCUT2D eigenvalue weighted by atomic mass is 32.2. The highest BCUT2D eigenvalue weighted by Gasteiger charge is 2.25. The zero-order valence-electron chi connectivity index (χ0n) is 26.3. The Bertz CT molecular complexity index is 1510. The molecule has 0 aromatic heterocycles. The van der Waals surface area contributed by atoms with Crippen LogP contribution in [-0.2, 0) is 33.4 Å². The number of hydrogen-bond acceptors (Lipinski definition) is 11. The zero-order valence-corrected chi connectivity index (χ0v) is 27.1. The number of ether oxygens (including phenoxy) is 4. The van der Waals surface area contributed by atoms with Gasteiger partial charge >= 0.3 is 29.2 Å². The van der Waals surface area contributed by atoms with E-state index in [4.69, 9.17) is 28.4 Å². The highest BCUT2D eigenvalue weighted by molar-refractivity contribution is 7.86. The van der Waals surface area contributed by atoms with E-state index in [2.05, 4.69) is 4.74 Å². The van der Waals surface area contributed by atoms with Gasteiger partial charge in [0.2, 0.25) is 0 Å². The Morgan fingerprint density at radius 1 is 0.804 bits per heavy atom. The van der Waals surface area contributed by atoms with Gasteiger partial charge in [0.1, 0.15) is 28.9 Å². The molecule has 4 rings (SSSR count). The van der Waals surface area contributed by atoms with Crippen molar-refractivity contribution < 1.29 is 60.0 Å². The number of hydrogen-bond donors (Lipinski definition) is 2. The first-order valence-electron chi connectivity index (χ1n) is 14.2. The summed E-state index contributed by atoms with van der Waals surface area (Å²) in [6.45, 7) is 0. The molecule has 15 heteroatoms. The van der Waals surface area contributed by atoms with E-state index in [1.807, 2.05) is 6.08 Å². The molecule has 0 radical (unpaired) electrons. The lowest BCUT2D eigenvalue weighted by atomic mass is 9.80. The minimum atomic E-state index is -3.45. The van der Waals surface area contributed by atoms with E-state index in [1.165, 1.54) is 39.5 Å².